The van der Waals surface area contributed by atoms with Crippen molar-refractivity contribution in [1.29, 1.82) is 0 Å². The standard InChI is InChI=1S/C17H23N7O/c1-13(2)10-20-15(25)14-11-21-17(22-12-14)24-8-6-23(7-9-24)16-18-4-3-5-19-16/h3-5,11-13H,6-10H2,1-2H3,(H,20,25). The lowest BCUT2D eigenvalue weighted by Crippen LogP contribution is -2.47. The maximum absolute atomic E-state index is 12.0. The van der Waals surface area contributed by atoms with Gasteiger partial charge in [0.2, 0.25) is 11.9 Å². The lowest BCUT2D eigenvalue weighted by Gasteiger charge is -2.34. The Hall–Kier alpha value is -2.77. The normalized spacial score (nSPS) is 14.7. The summed E-state index contributed by atoms with van der Waals surface area (Å²) < 4.78 is 0. The van der Waals surface area contributed by atoms with E-state index < -0.39 is 0 Å². The molecule has 25 heavy (non-hydrogen) atoms. The molecule has 0 bridgehead atoms. The van der Waals surface area contributed by atoms with Crippen molar-refractivity contribution < 1.29 is 4.79 Å². The number of nitrogens with one attached hydrogen (secondary N) is 1. The highest BCUT2D eigenvalue weighted by atomic mass is 16.1. The van der Waals surface area contributed by atoms with Gasteiger partial charge in [0.05, 0.1) is 5.56 Å². The van der Waals surface area contributed by atoms with Crippen molar-refractivity contribution in [2.75, 3.05) is 42.5 Å². The van der Waals surface area contributed by atoms with Crippen LogP contribution in [0.1, 0.15) is 24.2 Å². The Morgan fingerprint density at radius 1 is 1.00 bits per heavy atom. The first-order valence-electron chi connectivity index (χ1n) is 8.50. The van der Waals surface area contributed by atoms with E-state index in [9.17, 15) is 4.79 Å². The monoisotopic (exact) mass is 341 g/mol. The maximum atomic E-state index is 12.0. The lowest BCUT2D eigenvalue weighted by atomic mass is 10.2. The zero-order valence-electron chi connectivity index (χ0n) is 14.6. The molecule has 0 unspecified atom stereocenters. The number of rotatable bonds is 5. The van der Waals surface area contributed by atoms with E-state index >= 15 is 0 Å². The fourth-order valence-electron chi connectivity index (χ4n) is 2.56. The Bertz CT molecular complexity index is 682. The molecule has 0 radical (unpaired) electrons. The predicted octanol–water partition coefficient (Wildman–Crippen LogP) is 0.979. The van der Waals surface area contributed by atoms with Crippen LogP contribution in [0.25, 0.3) is 0 Å². The van der Waals surface area contributed by atoms with Gasteiger partial charge in [0.15, 0.2) is 0 Å². The second-order valence-electron chi connectivity index (χ2n) is 6.40. The number of piperazine rings is 1. The largest absolute Gasteiger partial charge is 0.352 e. The molecule has 0 saturated carbocycles. The first-order chi connectivity index (χ1) is 12.1. The molecule has 1 aliphatic rings. The quantitative estimate of drug-likeness (QED) is 0.867. The summed E-state index contributed by atoms with van der Waals surface area (Å²) in [7, 11) is 0. The highest BCUT2D eigenvalue weighted by Crippen LogP contribution is 2.14. The van der Waals surface area contributed by atoms with Gasteiger partial charge in [-0.05, 0) is 12.0 Å². The third-order valence-corrected chi connectivity index (χ3v) is 3.97. The zero-order chi connectivity index (χ0) is 17.6. The summed E-state index contributed by atoms with van der Waals surface area (Å²) in [5.41, 5.74) is 0.487. The van der Waals surface area contributed by atoms with Crippen molar-refractivity contribution in [3.05, 3.63) is 36.4 Å². The predicted molar refractivity (Wildman–Crippen MR) is 95.7 cm³/mol. The number of hydrogen-bond donors (Lipinski definition) is 1. The highest BCUT2D eigenvalue weighted by Gasteiger charge is 2.20. The topological polar surface area (TPSA) is 87.1 Å². The Labute approximate surface area is 147 Å². The number of aromatic nitrogens is 4. The Morgan fingerprint density at radius 2 is 1.52 bits per heavy atom. The van der Waals surface area contributed by atoms with Crippen molar-refractivity contribution in [3.63, 3.8) is 0 Å². The molecule has 0 aromatic carbocycles. The van der Waals surface area contributed by atoms with Crippen LogP contribution in [0.2, 0.25) is 0 Å². The molecule has 1 fully saturated rings. The van der Waals surface area contributed by atoms with Crippen molar-refractivity contribution in [2.24, 2.45) is 5.92 Å². The Balaban J connectivity index is 1.56. The van der Waals surface area contributed by atoms with Crippen LogP contribution in [-0.4, -0.2) is 58.6 Å². The first kappa shape index (κ1) is 17.1. The number of amides is 1. The molecule has 3 heterocycles. The molecule has 2 aromatic heterocycles. The second-order valence-corrected chi connectivity index (χ2v) is 6.40. The van der Waals surface area contributed by atoms with Gasteiger partial charge in [-0.1, -0.05) is 13.8 Å². The van der Waals surface area contributed by atoms with Gasteiger partial charge in [-0.25, -0.2) is 19.9 Å². The molecule has 0 atom stereocenters. The van der Waals surface area contributed by atoms with Crippen LogP contribution in [0.15, 0.2) is 30.9 Å². The summed E-state index contributed by atoms with van der Waals surface area (Å²) in [5, 5.41) is 2.87. The van der Waals surface area contributed by atoms with Crippen LogP contribution in [0.4, 0.5) is 11.9 Å². The molecule has 132 valence electrons. The average molecular weight is 341 g/mol. The number of carbonyl (C=O) groups is 1. The zero-order valence-corrected chi connectivity index (χ0v) is 14.6. The van der Waals surface area contributed by atoms with Crippen LogP contribution >= 0.6 is 0 Å². The Morgan fingerprint density at radius 3 is 2.04 bits per heavy atom. The highest BCUT2D eigenvalue weighted by molar-refractivity contribution is 5.93. The van der Waals surface area contributed by atoms with Gasteiger partial charge >= 0.3 is 0 Å². The molecule has 0 spiro atoms. The van der Waals surface area contributed by atoms with Crippen molar-refractivity contribution >= 4 is 17.8 Å². The van der Waals surface area contributed by atoms with Crippen LogP contribution in [0, 0.1) is 5.92 Å². The van der Waals surface area contributed by atoms with E-state index in [1.54, 1.807) is 24.8 Å². The van der Waals surface area contributed by atoms with Gasteiger partial charge in [0, 0.05) is 57.5 Å². The molecule has 1 aliphatic heterocycles. The number of hydrogen-bond acceptors (Lipinski definition) is 7. The van der Waals surface area contributed by atoms with E-state index in [-0.39, 0.29) is 5.91 Å². The summed E-state index contributed by atoms with van der Waals surface area (Å²) >= 11 is 0. The Kier molecular flexibility index (Phi) is 5.37. The van der Waals surface area contributed by atoms with Crippen LogP contribution < -0.4 is 15.1 Å². The third-order valence-electron chi connectivity index (χ3n) is 3.97. The molecule has 0 aliphatic carbocycles. The van der Waals surface area contributed by atoms with Crippen molar-refractivity contribution in [3.8, 4) is 0 Å². The minimum Gasteiger partial charge on any atom is -0.352 e. The van der Waals surface area contributed by atoms with Gasteiger partial charge < -0.3 is 15.1 Å². The summed E-state index contributed by atoms with van der Waals surface area (Å²) in [6.45, 7) is 7.95. The molecule has 8 nitrogen and oxygen atoms in total. The molecular formula is C17H23N7O. The maximum Gasteiger partial charge on any atom is 0.254 e. The van der Waals surface area contributed by atoms with E-state index in [0.29, 0.717) is 24.0 Å². The number of nitrogens with zero attached hydrogens (tertiary/aromatic N) is 6. The van der Waals surface area contributed by atoms with Gasteiger partial charge in [-0.3, -0.25) is 4.79 Å². The van der Waals surface area contributed by atoms with E-state index in [1.165, 1.54) is 0 Å². The van der Waals surface area contributed by atoms with E-state index in [2.05, 4.69) is 48.9 Å². The minimum atomic E-state index is -0.133. The molecular weight excluding hydrogens is 318 g/mol. The lowest BCUT2D eigenvalue weighted by molar-refractivity contribution is 0.0948. The van der Waals surface area contributed by atoms with Gasteiger partial charge in [-0.2, -0.15) is 0 Å². The minimum absolute atomic E-state index is 0.133. The fourth-order valence-corrected chi connectivity index (χ4v) is 2.56. The SMILES string of the molecule is CC(C)CNC(=O)c1cnc(N2CCN(c3ncccn3)CC2)nc1. The molecule has 3 rings (SSSR count). The molecule has 8 heteroatoms. The summed E-state index contributed by atoms with van der Waals surface area (Å²) in [6, 6.07) is 1.81. The van der Waals surface area contributed by atoms with E-state index in [4.69, 9.17) is 0 Å². The third kappa shape index (κ3) is 4.40. The van der Waals surface area contributed by atoms with Gasteiger partial charge in [0.25, 0.3) is 5.91 Å². The van der Waals surface area contributed by atoms with Crippen LogP contribution in [0.5, 0.6) is 0 Å². The van der Waals surface area contributed by atoms with Crippen molar-refractivity contribution in [1.82, 2.24) is 25.3 Å². The van der Waals surface area contributed by atoms with Gasteiger partial charge in [-0.15, -0.1) is 0 Å². The fraction of sp³-hybridized carbons (Fsp3) is 0.471. The van der Waals surface area contributed by atoms with Gasteiger partial charge in [0.1, 0.15) is 0 Å². The first-order valence-corrected chi connectivity index (χ1v) is 8.50. The molecule has 2 aromatic rings. The van der Waals surface area contributed by atoms with Crippen LogP contribution in [0.3, 0.4) is 0 Å². The van der Waals surface area contributed by atoms with Crippen LogP contribution in [-0.2, 0) is 0 Å². The van der Waals surface area contributed by atoms with E-state index in [0.717, 1.165) is 32.1 Å². The number of anilines is 2. The van der Waals surface area contributed by atoms with Crippen molar-refractivity contribution in [2.45, 2.75) is 13.8 Å². The molecule has 1 N–H and O–H groups in total. The second kappa shape index (κ2) is 7.87. The molecule has 1 amide bonds. The van der Waals surface area contributed by atoms with E-state index in [1.807, 2.05) is 6.07 Å². The summed E-state index contributed by atoms with van der Waals surface area (Å²) in [6.07, 6.45) is 6.68. The average Bonchev–Trinajstić information content (AvgIpc) is 2.67. The summed E-state index contributed by atoms with van der Waals surface area (Å²) in [5.74, 6) is 1.68. The smallest absolute Gasteiger partial charge is 0.254 e. The number of carbonyl (C=O) groups excluding carboxylic acids is 1. The summed E-state index contributed by atoms with van der Waals surface area (Å²) in [4.78, 5) is 33.5. The molecule has 1 saturated heterocycles.